The number of nitrogens with zero attached hydrogens (tertiary/aromatic N) is 1. The molecule has 174 valence electrons. The smallest absolute Gasteiger partial charge is 0.295 e. The quantitative estimate of drug-likeness (QED) is 0.327. The number of amides is 1. The number of ether oxygens (including phenoxy) is 2. The lowest BCUT2D eigenvalue weighted by Gasteiger charge is -2.26. The Kier molecular flexibility index (Phi) is 6.32. The summed E-state index contributed by atoms with van der Waals surface area (Å²) in [5.74, 6) is -2.91. The second-order valence-electron chi connectivity index (χ2n) is 7.64. The maximum Gasteiger partial charge on any atom is 0.295 e. The molecule has 6 nitrogen and oxygen atoms in total. The number of benzene rings is 3. The molecule has 0 radical (unpaired) electrons. The average Bonchev–Trinajstić information content (AvgIpc) is 3.09. The predicted molar refractivity (Wildman–Crippen MR) is 120 cm³/mol. The van der Waals surface area contributed by atoms with Gasteiger partial charge in [0.2, 0.25) is 0 Å². The highest BCUT2D eigenvalue weighted by atomic mass is 19.1. The number of likely N-dealkylation sites (tertiary alicyclic amines) is 1. The Labute approximate surface area is 194 Å². The number of Topliss-reactive ketones (excluding diaryl/α,β-unsaturated/α-hetero) is 1. The van der Waals surface area contributed by atoms with Gasteiger partial charge in [-0.05, 0) is 42.0 Å². The molecule has 3 aromatic rings. The molecule has 1 aliphatic rings. The average molecular weight is 465 g/mol. The Bertz CT molecular complexity index is 1290. The van der Waals surface area contributed by atoms with E-state index in [9.17, 15) is 23.5 Å². The summed E-state index contributed by atoms with van der Waals surface area (Å²) in [4.78, 5) is 27.4. The van der Waals surface area contributed by atoms with Crippen LogP contribution in [0.4, 0.5) is 8.78 Å². The lowest BCUT2D eigenvalue weighted by molar-refractivity contribution is -0.140. The van der Waals surface area contributed by atoms with Gasteiger partial charge in [-0.1, -0.05) is 30.3 Å². The highest BCUT2D eigenvalue weighted by Crippen LogP contribution is 2.43. The summed E-state index contributed by atoms with van der Waals surface area (Å²) >= 11 is 0. The molecule has 1 fully saturated rings. The molecule has 1 aliphatic heterocycles. The van der Waals surface area contributed by atoms with Gasteiger partial charge in [-0.15, -0.1) is 0 Å². The SMILES string of the molecule is COc1ccc(OC)c(/C(O)=C2\C(=O)C(=O)N(Cc3ccc(F)cc3)C2c2ccccc2F)c1. The fourth-order valence-corrected chi connectivity index (χ4v) is 3.99. The molecule has 0 spiro atoms. The van der Waals surface area contributed by atoms with Gasteiger partial charge in [-0.3, -0.25) is 9.59 Å². The van der Waals surface area contributed by atoms with Crippen molar-refractivity contribution in [2.75, 3.05) is 14.2 Å². The van der Waals surface area contributed by atoms with E-state index in [1.54, 1.807) is 18.2 Å². The largest absolute Gasteiger partial charge is 0.507 e. The van der Waals surface area contributed by atoms with Gasteiger partial charge in [-0.25, -0.2) is 8.78 Å². The molecule has 4 rings (SSSR count). The molecule has 1 atom stereocenters. The van der Waals surface area contributed by atoms with Gasteiger partial charge in [0.25, 0.3) is 11.7 Å². The molecule has 1 saturated heterocycles. The molecular formula is C26H21F2NO5. The van der Waals surface area contributed by atoms with Gasteiger partial charge in [0.05, 0.1) is 31.4 Å². The van der Waals surface area contributed by atoms with Crippen LogP contribution in [0.15, 0.2) is 72.3 Å². The van der Waals surface area contributed by atoms with Crippen molar-refractivity contribution in [3.05, 3.63) is 101 Å². The number of hydrogen-bond donors (Lipinski definition) is 1. The van der Waals surface area contributed by atoms with Crippen LogP contribution in [-0.2, 0) is 16.1 Å². The first-order valence-corrected chi connectivity index (χ1v) is 10.4. The van der Waals surface area contributed by atoms with Crippen molar-refractivity contribution in [3.8, 4) is 11.5 Å². The third kappa shape index (κ3) is 4.10. The molecule has 3 aromatic carbocycles. The minimum atomic E-state index is -1.22. The molecule has 1 amide bonds. The Morgan fingerprint density at radius 3 is 2.32 bits per heavy atom. The van der Waals surface area contributed by atoms with E-state index in [1.807, 2.05) is 0 Å². The van der Waals surface area contributed by atoms with Crippen LogP contribution in [0.2, 0.25) is 0 Å². The molecule has 8 heteroatoms. The first-order valence-electron chi connectivity index (χ1n) is 10.4. The summed E-state index contributed by atoms with van der Waals surface area (Å²) in [5, 5.41) is 11.3. The Morgan fingerprint density at radius 2 is 1.68 bits per heavy atom. The highest BCUT2D eigenvalue weighted by Gasteiger charge is 2.47. The van der Waals surface area contributed by atoms with Crippen molar-refractivity contribution in [3.63, 3.8) is 0 Å². The van der Waals surface area contributed by atoms with Crippen molar-refractivity contribution >= 4 is 17.4 Å². The molecule has 0 aliphatic carbocycles. The number of aliphatic hydroxyl groups is 1. The third-order valence-electron chi connectivity index (χ3n) is 5.67. The van der Waals surface area contributed by atoms with Gasteiger partial charge >= 0.3 is 0 Å². The summed E-state index contributed by atoms with van der Waals surface area (Å²) in [6.07, 6.45) is 0. The molecule has 1 N–H and O–H groups in total. The first kappa shape index (κ1) is 23.0. The summed E-state index contributed by atoms with van der Waals surface area (Å²) in [5.41, 5.74) is 0.391. The molecule has 0 saturated carbocycles. The summed E-state index contributed by atoms with van der Waals surface area (Å²) in [7, 11) is 2.83. The molecule has 1 unspecified atom stereocenters. The van der Waals surface area contributed by atoms with Crippen molar-refractivity contribution < 1.29 is 33.0 Å². The van der Waals surface area contributed by atoms with E-state index < -0.39 is 35.1 Å². The first-order chi connectivity index (χ1) is 16.3. The van der Waals surface area contributed by atoms with E-state index in [4.69, 9.17) is 9.47 Å². The topological polar surface area (TPSA) is 76.1 Å². The number of methoxy groups -OCH3 is 2. The molecule has 34 heavy (non-hydrogen) atoms. The van der Waals surface area contributed by atoms with Gasteiger partial charge in [-0.2, -0.15) is 0 Å². The van der Waals surface area contributed by atoms with E-state index in [0.717, 1.165) is 4.90 Å². The van der Waals surface area contributed by atoms with E-state index in [-0.39, 0.29) is 29.0 Å². The van der Waals surface area contributed by atoms with Gasteiger partial charge in [0, 0.05) is 12.1 Å². The van der Waals surface area contributed by atoms with E-state index in [0.29, 0.717) is 11.3 Å². The molecule has 1 heterocycles. The van der Waals surface area contributed by atoms with Crippen LogP contribution < -0.4 is 9.47 Å². The van der Waals surface area contributed by atoms with Crippen LogP contribution in [0.5, 0.6) is 11.5 Å². The second kappa shape index (κ2) is 9.35. The molecule has 0 aromatic heterocycles. The Hall–Kier alpha value is -4.20. The van der Waals surface area contributed by atoms with Gasteiger partial charge in [0.1, 0.15) is 28.9 Å². The Balaban J connectivity index is 1.92. The maximum atomic E-state index is 14.9. The molecular weight excluding hydrogens is 444 g/mol. The van der Waals surface area contributed by atoms with E-state index in [2.05, 4.69) is 0 Å². The zero-order valence-corrected chi connectivity index (χ0v) is 18.4. The van der Waals surface area contributed by atoms with Gasteiger partial charge in [0.15, 0.2) is 0 Å². The van der Waals surface area contributed by atoms with Crippen LogP contribution in [0.1, 0.15) is 22.7 Å². The monoisotopic (exact) mass is 465 g/mol. The van der Waals surface area contributed by atoms with Gasteiger partial charge < -0.3 is 19.5 Å². The number of aliphatic hydroxyl groups excluding tert-OH is 1. The zero-order chi connectivity index (χ0) is 24.4. The van der Waals surface area contributed by atoms with Crippen molar-refractivity contribution in [1.29, 1.82) is 0 Å². The maximum absolute atomic E-state index is 14.9. The number of hydrogen-bond acceptors (Lipinski definition) is 5. The second-order valence-corrected chi connectivity index (χ2v) is 7.64. The number of carbonyl (C=O) groups excluding carboxylic acids is 2. The molecule has 0 bridgehead atoms. The van der Waals surface area contributed by atoms with Crippen LogP contribution in [-0.4, -0.2) is 35.9 Å². The number of halogens is 2. The predicted octanol–water partition coefficient (Wildman–Crippen LogP) is 4.60. The minimum absolute atomic E-state index is 0.0345. The van der Waals surface area contributed by atoms with E-state index >= 15 is 0 Å². The van der Waals surface area contributed by atoms with Crippen LogP contribution in [0.25, 0.3) is 5.76 Å². The van der Waals surface area contributed by atoms with Crippen molar-refractivity contribution in [1.82, 2.24) is 4.90 Å². The minimum Gasteiger partial charge on any atom is -0.507 e. The third-order valence-corrected chi connectivity index (χ3v) is 5.67. The normalized spacial score (nSPS) is 17.2. The van der Waals surface area contributed by atoms with Crippen molar-refractivity contribution in [2.24, 2.45) is 0 Å². The Morgan fingerprint density at radius 1 is 0.971 bits per heavy atom. The standard InChI is InChI=1S/C26H21F2NO5/c1-33-17-11-12-21(34-2)19(13-17)24(30)22-23(18-5-3-4-6-20(18)28)29(26(32)25(22)31)14-15-7-9-16(27)10-8-15/h3-13,23,30H,14H2,1-2H3/b24-22+. The summed E-state index contributed by atoms with van der Waals surface area (Å²) in [6, 6.07) is 14.5. The number of carbonyl (C=O) groups is 2. The highest BCUT2D eigenvalue weighted by molar-refractivity contribution is 6.46. The summed E-state index contributed by atoms with van der Waals surface area (Å²) < 4.78 is 38.8. The summed E-state index contributed by atoms with van der Waals surface area (Å²) in [6.45, 7) is -0.101. The number of rotatable bonds is 6. The van der Waals surface area contributed by atoms with Crippen LogP contribution in [0, 0.1) is 11.6 Å². The lowest BCUT2D eigenvalue weighted by Crippen LogP contribution is -2.29. The van der Waals surface area contributed by atoms with E-state index in [1.165, 1.54) is 62.8 Å². The zero-order valence-electron chi connectivity index (χ0n) is 18.4. The fraction of sp³-hybridized carbons (Fsp3) is 0.154. The fourth-order valence-electron chi connectivity index (χ4n) is 3.99. The number of ketones is 1. The van der Waals surface area contributed by atoms with Crippen LogP contribution in [0.3, 0.4) is 0 Å². The van der Waals surface area contributed by atoms with Crippen LogP contribution >= 0.6 is 0 Å². The lowest BCUT2D eigenvalue weighted by atomic mass is 9.94. The van der Waals surface area contributed by atoms with Crippen molar-refractivity contribution in [2.45, 2.75) is 12.6 Å².